The minimum Gasteiger partial charge on any atom is -0.460 e. The van der Waals surface area contributed by atoms with Gasteiger partial charge in [0.05, 0.1) is 6.61 Å². The van der Waals surface area contributed by atoms with Crippen molar-refractivity contribution >= 4 is 84.2 Å². The molecule has 3 N–H and O–H groups in total. The Kier molecular flexibility index (Phi) is 20.2. The zero-order valence-corrected chi connectivity index (χ0v) is 49.7. The first-order valence-electron chi connectivity index (χ1n) is 27.9. The molecule has 3 aliphatic rings. The standard InChI is InChI=1S/C32H32ClN3O5.C30H26ClN3O4.3CH3.Al/c1-2-39-31(37)30-25(19-29(41-30)23-8-11-26(33)12-9-23)18-24-10-13-27(20-28(24)34)35-14-16-36(17-15-35)32(38)40-21-22-6-4-3-5-7-22;31-24-8-6-21(7-9-24)27-18-23-16-22-17-25(10-11-26(22)32-29(35)28(23)38-27)33-12-14-34(15-13-33)30(36)37-19-20-4-2-1-3-5-20;;;;/h3-13,19-20H,2,14-18,21,34H2,1H3;1-11,17-18H,12-16,19H2,(H,32,35);3*1H3;. The Hall–Kier alpha value is -8.13. The smallest absolute Gasteiger partial charge is 0.410 e. The average Bonchev–Trinajstić information content (AvgIpc) is 4.33. The van der Waals surface area contributed by atoms with Crippen LogP contribution in [-0.2, 0) is 40.3 Å². The number of rotatable bonds is 12. The largest absolute Gasteiger partial charge is 0.460 e. The summed E-state index contributed by atoms with van der Waals surface area (Å²) in [5.41, 5.74) is 16.9. The maximum Gasteiger partial charge on any atom is 0.410 e. The molecule has 0 spiro atoms. The maximum atomic E-state index is 12.9. The first-order valence-corrected chi connectivity index (χ1v) is 32.1. The third-order valence-corrected chi connectivity index (χ3v) is 14.5. The molecule has 3 aliphatic heterocycles. The van der Waals surface area contributed by atoms with Gasteiger partial charge in [-0.05, 0) is 120 Å². The number of nitrogen functional groups attached to an aromatic ring is 1. The number of halogens is 2. The zero-order valence-electron chi connectivity index (χ0n) is 47.1. The molecule has 8 aromatic rings. The van der Waals surface area contributed by atoms with Gasteiger partial charge < -0.3 is 53.7 Å². The third kappa shape index (κ3) is 15.9. The Morgan fingerprint density at radius 3 is 1.58 bits per heavy atom. The van der Waals surface area contributed by atoms with Crippen LogP contribution in [0.3, 0.4) is 0 Å². The molecule has 0 unspecified atom stereocenters. The lowest BCUT2D eigenvalue weighted by atomic mass is 10.0. The molecule has 0 atom stereocenters. The van der Waals surface area contributed by atoms with E-state index in [1.807, 2.05) is 127 Å². The van der Waals surface area contributed by atoms with Gasteiger partial charge in [-0.15, -0.1) is 17.4 Å². The highest BCUT2D eigenvalue weighted by atomic mass is 35.5. The number of fused-ring (bicyclic) bond motifs is 2. The van der Waals surface area contributed by atoms with E-state index in [9.17, 15) is 19.2 Å². The number of carbonyl (C=O) groups excluding carboxylic acids is 4. The number of furan rings is 2. The number of benzene rings is 6. The van der Waals surface area contributed by atoms with Gasteiger partial charge in [-0.25, -0.2) is 14.4 Å². The zero-order chi connectivity index (χ0) is 58.4. The normalized spacial score (nSPS) is 13.6. The first kappa shape index (κ1) is 59.5. The highest BCUT2D eigenvalue weighted by Gasteiger charge is 2.28. The quantitative estimate of drug-likeness (QED) is 0.0514. The Morgan fingerprint density at radius 1 is 0.578 bits per heavy atom. The van der Waals surface area contributed by atoms with Crippen LogP contribution in [0.15, 0.2) is 167 Å². The van der Waals surface area contributed by atoms with Crippen LogP contribution in [0.2, 0.25) is 27.4 Å². The molecule has 428 valence electrons. The predicted octanol–water partition coefficient (Wildman–Crippen LogP) is 14.0. The van der Waals surface area contributed by atoms with Crippen molar-refractivity contribution in [2.24, 2.45) is 0 Å². The SMILES string of the molecule is CCOC(=O)c1oc(-c2ccc(Cl)cc2)cc1Cc1ccc(N2CCN(C(=O)OCc3ccccc3)CC2)cc1N.O=C1Nc2ccc(N3CCN(C(=O)OCc4ccccc4)CC3)cc2Cc2cc(-c3ccc(Cl)cc3)oc21.[CH3][Al]([CH3])[CH3]. The third-order valence-electron chi connectivity index (χ3n) is 14.0. The molecular formula is C65H67AlCl2N6O9. The minimum absolute atomic E-state index is 0.139. The average molecular weight is 1170 g/mol. The molecule has 15 nitrogen and oxygen atoms in total. The highest BCUT2D eigenvalue weighted by molar-refractivity contribution is 6.54. The number of ether oxygens (including phenoxy) is 3. The Labute approximate surface area is 498 Å². The van der Waals surface area contributed by atoms with E-state index in [0.717, 1.165) is 56.0 Å². The Bertz CT molecular complexity index is 3490. The Balaban J connectivity index is 0.000000188. The van der Waals surface area contributed by atoms with Crippen molar-refractivity contribution < 1.29 is 42.2 Å². The lowest BCUT2D eigenvalue weighted by Gasteiger charge is -2.35. The second kappa shape index (κ2) is 28.2. The fourth-order valence-corrected chi connectivity index (χ4v) is 9.94. The van der Waals surface area contributed by atoms with Crippen molar-refractivity contribution in [3.05, 3.63) is 213 Å². The van der Waals surface area contributed by atoms with Crippen LogP contribution in [-0.4, -0.2) is 107 Å². The van der Waals surface area contributed by atoms with Crippen molar-refractivity contribution in [3.63, 3.8) is 0 Å². The molecule has 0 aliphatic carbocycles. The van der Waals surface area contributed by atoms with Crippen LogP contribution in [0.5, 0.6) is 0 Å². The van der Waals surface area contributed by atoms with Crippen LogP contribution >= 0.6 is 23.2 Å². The summed E-state index contributed by atoms with van der Waals surface area (Å²) in [5.74, 6) is 7.82. The first-order chi connectivity index (χ1) is 40.2. The van der Waals surface area contributed by atoms with Gasteiger partial charge >= 0.3 is 18.2 Å². The van der Waals surface area contributed by atoms with E-state index in [1.54, 1.807) is 41.0 Å². The van der Waals surface area contributed by atoms with E-state index in [2.05, 4.69) is 38.5 Å². The summed E-state index contributed by atoms with van der Waals surface area (Å²) < 4.78 is 28.1. The number of hydrogen-bond acceptors (Lipinski definition) is 12. The molecule has 2 aromatic heterocycles. The molecular weight excluding hydrogens is 1110 g/mol. The molecule has 83 heavy (non-hydrogen) atoms. The predicted molar refractivity (Wildman–Crippen MR) is 329 cm³/mol. The van der Waals surface area contributed by atoms with Gasteiger partial charge in [0.1, 0.15) is 24.7 Å². The van der Waals surface area contributed by atoms with E-state index in [1.165, 1.54) is 0 Å². The van der Waals surface area contributed by atoms with Crippen molar-refractivity contribution in [1.29, 1.82) is 0 Å². The number of carbonyl (C=O) groups is 4. The Morgan fingerprint density at radius 2 is 1.07 bits per heavy atom. The molecule has 0 radical (unpaired) electrons. The number of piperazine rings is 2. The van der Waals surface area contributed by atoms with Crippen LogP contribution in [0.1, 0.15) is 61.4 Å². The van der Waals surface area contributed by atoms with E-state index >= 15 is 0 Å². The molecule has 2 saturated heterocycles. The van der Waals surface area contributed by atoms with Gasteiger partial charge in [0.2, 0.25) is 5.76 Å². The molecule has 6 aromatic carbocycles. The summed E-state index contributed by atoms with van der Waals surface area (Å²) in [6.07, 6.45) is 0.374. The summed E-state index contributed by atoms with van der Waals surface area (Å²) in [6.45, 7) is 7.52. The second-order valence-electron chi connectivity index (χ2n) is 21.0. The van der Waals surface area contributed by atoms with Crippen molar-refractivity contribution in [1.82, 2.24) is 9.80 Å². The lowest BCUT2D eigenvalue weighted by Crippen LogP contribution is -2.49. The van der Waals surface area contributed by atoms with Crippen LogP contribution in [0.4, 0.5) is 32.3 Å². The number of nitrogens with two attached hydrogens (primary N) is 1. The number of anilines is 4. The monoisotopic (exact) mass is 1170 g/mol. The highest BCUT2D eigenvalue weighted by Crippen LogP contribution is 2.36. The summed E-state index contributed by atoms with van der Waals surface area (Å²) in [4.78, 5) is 58.6. The van der Waals surface area contributed by atoms with E-state index in [4.69, 9.17) is 52.0 Å². The molecule has 11 rings (SSSR count). The summed E-state index contributed by atoms with van der Waals surface area (Å²) in [6, 6.07) is 49.7. The minimum atomic E-state index is -0.516. The van der Waals surface area contributed by atoms with E-state index < -0.39 is 5.97 Å². The van der Waals surface area contributed by atoms with E-state index in [0.29, 0.717) is 104 Å². The molecule has 5 heterocycles. The summed E-state index contributed by atoms with van der Waals surface area (Å²) in [7, 11) is 0. The van der Waals surface area contributed by atoms with Crippen molar-refractivity contribution in [2.75, 3.05) is 79.8 Å². The number of amides is 3. The van der Waals surface area contributed by atoms with Crippen molar-refractivity contribution in [2.45, 2.75) is 50.3 Å². The fraction of sp³-hybridized carbons (Fsp3) is 0.262. The van der Waals surface area contributed by atoms with Gasteiger partial charge in [0.15, 0.2) is 5.76 Å². The van der Waals surface area contributed by atoms with E-state index in [-0.39, 0.29) is 57.8 Å². The van der Waals surface area contributed by atoms with Crippen LogP contribution in [0, 0.1) is 0 Å². The van der Waals surface area contributed by atoms with Gasteiger partial charge in [-0.3, -0.25) is 4.79 Å². The second-order valence-corrected chi connectivity index (χ2v) is 25.3. The number of nitrogens with one attached hydrogen (secondary N) is 1. The maximum absolute atomic E-state index is 12.9. The molecule has 3 amide bonds. The van der Waals surface area contributed by atoms with Gasteiger partial charge in [0.25, 0.3) is 20.1 Å². The van der Waals surface area contributed by atoms with Gasteiger partial charge in [-0.2, -0.15) is 0 Å². The fourth-order valence-electron chi connectivity index (χ4n) is 9.68. The summed E-state index contributed by atoms with van der Waals surface area (Å²) >= 11 is 11.9. The molecule has 0 saturated carbocycles. The molecule has 0 bridgehead atoms. The lowest BCUT2D eigenvalue weighted by molar-refractivity contribution is 0.0489. The molecule has 18 heteroatoms. The van der Waals surface area contributed by atoms with Crippen LogP contribution in [0.25, 0.3) is 22.6 Å². The van der Waals surface area contributed by atoms with Gasteiger partial charge in [-0.1, -0.05) is 89.9 Å². The molecule has 2 fully saturated rings. The topological polar surface area (TPSA) is 173 Å². The summed E-state index contributed by atoms with van der Waals surface area (Å²) in [5, 5.41) is 4.25. The number of hydrogen-bond donors (Lipinski definition) is 2. The number of esters is 1. The number of nitrogens with zero attached hydrogens (tertiary/aromatic N) is 4. The van der Waals surface area contributed by atoms with Crippen LogP contribution < -0.4 is 20.9 Å². The van der Waals surface area contributed by atoms with Gasteiger partial charge in [0, 0.05) is 120 Å². The van der Waals surface area contributed by atoms with Crippen molar-refractivity contribution in [3.8, 4) is 22.6 Å².